The maximum Gasteiger partial charge on any atom is 0.433 e. The highest BCUT2D eigenvalue weighted by atomic mass is 19.4. The van der Waals surface area contributed by atoms with Crippen molar-refractivity contribution in [2.24, 2.45) is 0 Å². The van der Waals surface area contributed by atoms with Gasteiger partial charge in [0.1, 0.15) is 5.82 Å². The van der Waals surface area contributed by atoms with Crippen molar-refractivity contribution >= 4 is 11.8 Å². The molecule has 1 unspecified atom stereocenters. The fraction of sp³-hybridized carbons (Fsp3) is 0.692. The van der Waals surface area contributed by atoms with Gasteiger partial charge in [0.2, 0.25) is 5.95 Å². The molecule has 1 atom stereocenters. The number of hydrogen-bond acceptors (Lipinski definition) is 5. The van der Waals surface area contributed by atoms with Gasteiger partial charge in [0.15, 0.2) is 5.69 Å². The van der Waals surface area contributed by atoms with Crippen molar-refractivity contribution in [1.82, 2.24) is 14.9 Å². The molecule has 0 fully saturated rings. The molecule has 1 N–H and O–H groups in total. The highest BCUT2D eigenvalue weighted by molar-refractivity contribution is 5.44. The van der Waals surface area contributed by atoms with Gasteiger partial charge >= 0.3 is 6.18 Å². The molecule has 120 valence electrons. The number of aromatic nitrogens is 2. The molecule has 0 aliphatic carbocycles. The van der Waals surface area contributed by atoms with Crippen LogP contribution in [0.4, 0.5) is 24.9 Å². The summed E-state index contributed by atoms with van der Waals surface area (Å²) >= 11 is 0. The Morgan fingerprint density at radius 3 is 2.29 bits per heavy atom. The molecule has 0 radical (unpaired) electrons. The lowest BCUT2D eigenvalue weighted by atomic mass is 10.2. The van der Waals surface area contributed by atoms with Crippen molar-refractivity contribution < 1.29 is 13.2 Å². The second-order valence-electron chi connectivity index (χ2n) is 5.46. The van der Waals surface area contributed by atoms with Crippen LogP contribution in [0.3, 0.4) is 0 Å². The quantitative estimate of drug-likeness (QED) is 0.874. The summed E-state index contributed by atoms with van der Waals surface area (Å²) in [5.74, 6) is 0.222. The average Bonchev–Trinajstić information content (AvgIpc) is 2.34. The lowest BCUT2D eigenvalue weighted by Crippen LogP contribution is -2.25. The van der Waals surface area contributed by atoms with Crippen molar-refractivity contribution in [2.75, 3.05) is 45.0 Å². The standard InChI is InChI=1S/C13H22F3N5/c1-9(6-7-20(2)3)17-12-18-10(13(14,15)16)8-11(19-12)21(4)5/h8-9H,6-7H2,1-5H3,(H,17,18,19). The second-order valence-corrected chi connectivity index (χ2v) is 5.46. The first kappa shape index (κ1) is 17.5. The van der Waals surface area contributed by atoms with Crippen LogP contribution in [0, 0.1) is 0 Å². The van der Waals surface area contributed by atoms with E-state index in [9.17, 15) is 13.2 Å². The number of halogens is 3. The van der Waals surface area contributed by atoms with Crippen LogP contribution in [0.2, 0.25) is 0 Å². The Bertz CT molecular complexity index is 460. The van der Waals surface area contributed by atoms with Gasteiger partial charge in [-0.1, -0.05) is 0 Å². The molecular formula is C13H22F3N5. The largest absolute Gasteiger partial charge is 0.433 e. The molecule has 0 bridgehead atoms. The normalized spacial score (nSPS) is 13.4. The Kier molecular flexibility index (Phi) is 5.77. The number of nitrogens with zero attached hydrogens (tertiary/aromatic N) is 4. The molecule has 0 saturated heterocycles. The van der Waals surface area contributed by atoms with Crippen LogP contribution in [0.25, 0.3) is 0 Å². The summed E-state index contributed by atoms with van der Waals surface area (Å²) in [6.07, 6.45) is -3.71. The molecule has 8 heteroatoms. The predicted molar refractivity (Wildman–Crippen MR) is 77.6 cm³/mol. The summed E-state index contributed by atoms with van der Waals surface area (Å²) < 4.78 is 38.6. The van der Waals surface area contributed by atoms with Crippen molar-refractivity contribution in [3.05, 3.63) is 11.8 Å². The van der Waals surface area contributed by atoms with E-state index in [1.807, 2.05) is 25.9 Å². The van der Waals surface area contributed by atoms with E-state index in [1.54, 1.807) is 14.1 Å². The predicted octanol–water partition coefficient (Wildman–Crippen LogP) is 2.31. The molecule has 0 aliphatic heterocycles. The third-order valence-corrected chi connectivity index (χ3v) is 2.85. The third-order valence-electron chi connectivity index (χ3n) is 2.85. The summed E-state index contributed by atoms with van der Waals surface area (Å²) in [6, 6.07) is 0.918. The summed E-state index contributed by atoms with van der Waals surface area (Å²) in [5.41, 5.74) is -0.941. The molecule has 0 aromatic carbocycles. The van der Waals surface area contributed by atoms with Gasteiger partial charge in [0.05, 0.1) is 0 Å². The van der Waals surface area contributed by atoms with E-state index < -0.39 is 11.9 Å². The Morgan fingerprint density at radius 1 is 1.19 bits per heavy atom. The van der Waals surface area contributed by atoms with Crippen molar-refractivity contribution in [3.8, 4) is 0 Å². The fourth-order valence-corrected chi connectivity index (χ4v) is 1.62. The van der Waals surface area contributed by atoms with Crippen LogP contribution in [0.1, 0.15) is 19.0 Å². The number of hydrogen-bond donors (Lipinski definition) is 1. The minimum Gasteiger partial charge on any atom is -0.363 e. The molecule has 5 nitrogen and oxygen atoms in total. The molecule has 0 amide bonds. The van der Waals surface area contributed by atoms with Crippen molar-refractivity contribution in [3.63, 3.8) is 0 Å². The summed E-state index contributed by atoms with van der Waals surface area (Å²) in [5, 5.41) is 2.93. The molecular weight excluding hydrogens is 283 g/mol. The zero-order chi connectivity index (χ0) is 16.2. The van der Waals surface area contributed by atoms with E-state index in [0.29, 0.717) is 0 Å². The second kappa shape index (κ2) is 6.93. The maximum absolute atomic E-state index is 12.9. The first-order chi connectivity index (χ1) is 9.59. The van der Waals surface area contributed by atoms with Crippen LogP contribution in [0.15, 0.2) is 6.07 Å². The minimum absolute atomic E-state index is 0.000203. The van der Waals surface area contributed by atoms with Gasteiger partial charge in [0, 0.05) is 26.2 Å². The summed E-state index contributed by atoms with van der Waals surface area (Å²) in [6.45, 7) is 2.72. The molecule has 0 aliphatic rings. The SMILES string of the molecule is CC(CCN(C)C)Nc1nc(N(C)C)cc(C(F)(F)F)n1. The highest BCUT2D eigenvalue weighted by Crippen LogP contribution is 2.30. The van der Waals surface area contributed by atoms with Gasteiger partial charge in [-0.3, -0.25) is 0 Å². The number of rotatable bonds is 6. The smallest absolute Gasteiger partial charge is 0.363 e. The Balaban J connectivity index is 2.93. The number of anilines is 2. The van der Waals surface area contributed by atoms with Crippen LogP contribution in [0.5, 0.6) is 0 Å². The third kappa shape index (κ3) is 5.74. The van der Waals surface area contributed by atoms with Crippen LogP contribution >= 0.6 is 0 Å². The van der Waals surface area contributed by atoms with E-state index in [0.717, 1.165) is 19.0 Å². The van der Waals surface area contributed by atoms with Crippen LogP contribution in [-0.4, -0.2) is 55.6 Å². The lowest BCUT2D eigenvalue weighted by molar-refractivity contribution is -0.141. The minimum atomic E-state index is -4.49. The van der Waals surface area contributed by atoms with E-state index in [-0.39, 0.29) is 17.8 Å². The van der Waals surface area contributed by atoms with Crippen molar-refractivity contribution in [1.29, 1.82) is 0 Å². The van der Waals surface area contributed by atoms with Gasteiger partial charge in [-0.25, -0.2) is 4.98 Å². The Labute approximate surface area is 123 Å². The van der Waals surface area contributed by atoms with Crippen LogP contribution < -0.4 is 10.2 Å². The number of alkyl halides is 3. The average molecular weight is 305 g/mol. The Hall–Kier alpha value is -1.57. The first-order valence-electron chi connectivity index (χ1n) is 6.64. The van der Waals surface area contributed by atoms with Crippen LogP contribution in [-0.2, 0) is 6.18 Å². The van der Waals surface area contributed by atoms with Gasteiger partial charge < -0.3 is 15.1 Å². The molecule has 1 heterocycles. The monoisotopic (exact) mass is 305 g/mol. The maximum atomic E-state index is 12.9. The van der Waals surface area contributed by atoms with Crippen molar-refractivity contribution in [2.45, 2.75) is 25.6 Å². The summed E-state index contributed by atoms with van der Waals surface area (Å²) in [4.78, 5) is 11.2. The molecule has 0 spiro atoms. The van der Waals surface area contributed by atoms with Gasteiger partial charge in [0.25, 0.3) is 0 Å². The zero-order valence-corrected chi connectivity index (χ0v) is 13.0. The van der Waals surface area contributed by atoms with E-state index in [1.165, 1.54) is 4.90 Å². The molecule has 21 heavy (non-hydrogen) atoms. The molecule has 1 rings (SSSR count). The zero-order valence-electron chi connectivity index (χ0n) is 13.0. The topological polar surface area (TPSA) is 44.3 Å². The van der Waals surface area contributed by atoms with E-state index >= 15 is 0 Å². The summed E-state index contributed by atoms with van der Waals surface area (Å²) in [7, 11) is 7.17. The van der Waals surface area contributed by atoms with Gasteiger partial charge in [-0.2, -0.15) is 18.2 Å². The first-order valence-corrected chi connectivity index (χ1v) is 6.64. The molecule has 0 saturated carbocycles. The lowest BCUT2D eigenvalue weighted by Gasteiger charge is -2.19. The fourth-order valence-electron chi connectivity index (χ4n) is 1.62. The Morgan fingerprint density at radius 2 is 1.81 bits per heavy atom. The van der Waals surface area contributed by atoms with Gasteiger partial charge in [-0.05, 0) is 34.0 Å². The molecule has 1 aromatic heterocycles. The van der Waals surface area contributed by atoms with E-state index in [4.69, 9.17) is 0 Å². The van der Waals surface area contributed by atoms with E-state index in [2.05, 4.69) is 15.3 Å². The number of nitrogens with one attached hydrogen (secondary N) is 1. The molecule has 1 aromatic rings. The van der Waals surface area contributed by atoms with Gasteiger partial charge in [-0.15, -0.1) is 0 Å². The highest BCUT2D eigenvalue weighted by Gasteiger charge is 2.34.